The van der Waals surface area contributed by atoms with Crippen molar-refractivity contribution in [2.75, 3.05) is 13.7 Å². The Morgan fingerprint density at radius 3 is 2.36 bits per heavy atom. The van der Waals surface area contributed by atoms with Crippen molar-refractivity contribution in [3.05, 3.63) is 69.2 Å². The van der Waals surface area contributed by atoms with Crippen molar-refractivity contribution < 1.29 is 19.4 Å². The molecule has 0 bridgehead atoms. The van der Waals surface area contributed by atoms with Gasteiger partial charge in [0.1, 0.15) is 11.5 Å². The monoisotopic (exact) mass is 419 g/mol. The molecular weight excluding hydrogens is 401 g/mol. The number of Topliss-reactive ketones (excluding diaryl/α,β-unsaturated/α-hetero) is 1. The summed E-state index contributed by atoms with van der Waals surface area (Å²) in [5, 5.41) is 11.9. The number of methoxy groups -OCH3 is 1. The number of ether oxygens (including phenoxy) is 1. The first-order valence-electron chi connectivity index (χ1n) is 8.76. The van der Waals surface area contributed by atoms with E-state index in [9.17, 15) is 14.7 Å². The van der Waals surface area contributed by atoms with Gasteiger partial charge in [0.05, 0.1) is 24.3 Å². The van der Waals surface area contributed by atoms with Crippen LogP contribution in [0.2, 0.25) is 10.0 Å². The second-order valence-electron chi connectivity index (χ2n) is 6.39. The fourth-order valence-corrected chi connectivity index (χ4v) is 3.65. The van der Waals surface area contributed by atoms with Crippen LogP contribution in [-0.2, 0) is 9.59 Å². The highest BCUT2D eigenvalue weighted by Crippen LogP contribution is 2.41. The zero-order chi connectivity index (χ0) is 20.4. The summed E-state index contributed by atoms with van der Waals surface area (Å²) in [7, 11) is 1.45. The molecule has 1 aliphatic rings. The van der Waals surface area contributed by atoms with Gasteiger partial charge in [-0.1, -0.05) is 42.3 Å². The zero-order valence-corrected chi connectivity index (χ0v) is 16.9. The number of likely N-dealkylation sites (tertiary alicyclic amines) is 1. The lowest BCUT2D eigenvalue weighted by molar-refractivity contribution is -0.139. The van der Waals surface area contributed by atoms with Gasteiger partial charge in [-0.15, -0.1) is 0 Å². The Kier molecular flexibility index (Phi) is 5.96. The number of halogens is 2. The Morgan fingerprint density at radius 2 is 1.75 bits per heavy atom. The highest BCUT2D eigenvalue weighted by molar-refractivity contribution is 6.46. The quantitative estimate of drug-likeness (QED) is 0.427. The lowest BCUT2D eigenvalue weighted by Crippen LogP contribution is -2.30. The van der Waals surface area contributed by atoms with E-state index in [4.69, 9.17) is 27.9 Å². The first-order chi connectivity index (χ1) is 13.4. The van der Waals surface area contributed by atoms with E-state index in [2.05, 4.69) is 0 Å². The Hall–Kier alpha value is -2.50. The summed E-state index contributed by atoms with van der Waals surface area (Å²) in [4.78, 5) is 27.0. The molecule has 1 N–H and O–H groups in total. The van der Waals surface area contributed by atoms with Crippen LogP contribution in [0.3, 0.4) is 0 Å². The number of hydrogen-bond donors (Lipinski definition) is 1. The molecule has 3 rings (SSSR count). The van der Waals surface area contributed by atoms with Gasteiger partial charge in [0, 0.05) is 16.6 Å². The number of rotatable bonds is 5. The molecule has 1 amide bonds. The molecule has 2 aromatic rings. The van der Waals surface area contributed by atoms with E-state index in [0.29, 0.717) is 34.3 Å². The van der Waals surface area contributed by atoms with E-state index in [-0.39, 0.29) is 16.9 Å². The minimum Gasteiger partial charge on any atom is -0.507 e. The highest BCUT2D eigenvalue weighted by atomic mass is 35.5. The molecule has 0 radical (unpaired) electrons. The minimum absolute atomic E-state index is 0.00124. The van der Waals surface area contributed by atoms with Gasteiger partial charge in [0.25, 0.3) is 11.7 Å². The van der Waals surface area contributed by atoms with Crippen LogP contribution < -0.4 is 4.74 Å². The molecule has 0 aromatic heterocycles. The summed E-state index contributed by atoms with van der Waals surface area (Å²) in [6.07, 6.45) is 0.664. The number of amides is 1. The zero-order valence-electron chi connectivity index (χ0n) is 15.4. The van der Waals surface area contributed by atoms with E-state index >= 15 is 0 Å². The molecule has 2 aromatic carbocycles. The molecule has 1 aliphatic heterocycles. The second kappa shape index (κ2) is 8.25. The maximum absolute atomic E-state index is 12.8. The summed E-state index contributed by atoms with van der Waals surface area (Å²) < 4.78 is 5.29. The number of carbonyl (C=O) groups is 2. The van der Waals surface area contributed by atoms with Gasteiger partial charge in [-0.3, -0.25) is 9.59 Å². The molecule has 1 heterocycles. The van der Waals surface area contributed by atoms with Crippen molar-refractivity contribution in [3.8, 4) is 5.75 Å². The van der Waals surface area contributed by atoms with Gasteiger partial charge in [-0.25, -0.2) is 0 Å². The topological polar surface area (TPSA) is 66.8 Å². The van der Waals surface area contributed by atoms with Crippen LogP contribution in [0.25, 0.3) is 5.76 Å². The smallest absolute Gasteiger partial charge is 0.295 e. The van der Waals surface area contributed by atoms with E-state index in [1.54, 1.807) is 36.4 Å². The van der Waals surface area contributed by atoms with Gasteiger partial charge >= 0.3 is 0 Å². The molecule has 0 spiro atoms. The Labute approximate surface area is 173 Å². The Bertz CT molecular complexity index is 953. The van der Waals surface area contributed by atoms with E-state index in [0.717, 1.165) is 0 Å². The summed E-state index contributed by atoms with van der Waals surface area (Å²) in [6.45, 7) is 2.29. The number of benzene rings is 2. The number of hydrogen-bond acceptors (Lipinski definition) is 4. The minimum atomic E-state index is -0.743. The summed E-state index contributed by atoms with van der Waals surface area (Å²) in [6, 6.07) is 10.8. The van der Waals surface area contributed by atoms with Gasteiger partial charge in [0.2, 0.25) is 0 Å². The third kappa shape index (κ3) is 3.60. The van der Waals surface area contributed by atoms with Crippen LogP contribution in [0.1, 0.15) is 30.5 Å². The van der Waals surface area contributed by atoms with Gasteiger partial charge in [-0.05, 0) is 42.3 Å². The van der Waals surface area contributed by atoms with Crippen LogP contribution in [0.4, 0.5) is 0 Å². The summed E-state index contributed by atoms with van der Waals surface area (Å²) >= 11 is 12.1. The number of aliphatic hydroxyl groups excluding tert-OH is 1. The maximum atomic E-state index is 12.8. The maximum Gasteiger partial charge on any atom is 0.295 e. The molecule has 1 fully saturated rings. The normalized spacial score (nSPS) is 18.6. The van der Waals surface area contributed by atoms with Crippen LogP contribution in [0.5, 0.6) is 5.75 Å². The van der Waals surface area contributed by atoms with Crippen molar-refractivity contribution in [1.82, 2.24) is 4.90 Å². The van der Waals surface area contributed by atoms with Crippen molar-refractivity contribution in [2.24, 2.45) is 0 Å². The fraction of sp³-hybridized carbons (Fsp3) is 0.238. The van der Waals surface area contributed by atoms with Crippen molar-refractivity contribution in [3.63, 3.8) is 0 Å². The largest absolute Gasteiger partial charge is 0.507 e. The highest BCUT2D eigenvalue weighted by Gasteiger charge is 2.45. The van der Waals surface area contributed by atoms with Gasteiger partial charge < -0.3 is 14.7 Å². The lowest BCUT2D eigenvalue weighted by Gasteiger charge is -2.25. The van der Waals surface area contributed by atoms with E-state index < -0.39 is 17.7 Å². The molecule has 1 saturated heterocycles. The molecular formula is C21H19Cl2NO4. The third-order valence-electron chi connectivity index (χ3n) is 4.61. The van der Waals surface area contributed by atoms with Crippen LogP contribution >= 0.6 is 23.2 Å². The number of ketones is 1. The molecule has 5 nitrogen and oxygen atoms in total. The Balaban J connectivity index is 2.24. The third-order valence-corrected chi connectivity index (χ3v) is 5.09. The second-order valence-corrected chi connectivity index (χ2v) is 7.26. The van der Waals surface area contributed by atoms with Crippen LogP contribution in [0.15, 0.2) is 48.0 Å². The first-order valence-corrected chi connectivity index (χ1v) is 9.52. The average molecular weight is 420 g/mol. The summed E-state index contributed by atoms with van der Waals surface area (Å²) in [5.74, 6) is -1.37. The molecule has 7 heteroatoms. The molecule has 0 aliphatic carbocycles. The molecule has 1 unspecified atom stereocenters. The first kappa shape index (κ1) is 20.2. The number of nitrogens with zero attached hydrogens (tertiary/aromatic N) is 1. The van der Waals surface area contributed by atoms with Gasteiger partial charge in [0.15, 0.2) is 0 Å². The lowest BCUT2D eigenvalue weighted by atomic mass is 9.95. The average Bonchev–Trinajstić information content (AvgIpc) is 2.93. The molecule has 146 valence electrons. The van der Waals surface area contributed by atoms with Crippen molar-refractivity contribution >= 4 is 40.7 Å². The Morgan fingerprint density at radius 1 is 1.11 bits per heavy atom. The van der Waals surface area contributed by atoms with E-state index in [1.165, 1.54) is 18.1 Å². The molecule has 0 saturated carbocycles. The predicted octanol–water partition coefficient (Wildman–Crippen LogP) is 4.83. The molecule has 1 atom stereocenters. The summed E-state index contributed by atoms with van der Waals surface area (Å²) in [5.41, 5.74) is 0.935. The van der Waals surface area contributed by atoms with Crippen LogP contribution in [-0.4, -0.2) is 35.4 Å². The fourth-order valence-electron chi connectivity index (χ4n) is 3.35. The number of carbonyl (C=O) groups excluding carboxylic acids is 2. The molecule has 28 heavy (non-hydrogen) atoms. The van der Waals surface area contributed by atoms with Crippen LogP contribution in [0, 0.1) is 0 Å². The van der Waals surface area contributed by atoms with E-state index in [1.807, 2.05) is 6.92 Å². The van der Waals surface area contributed by atoms with Gasteiger partial charge in [-0.2, -0.15) is 0 Å². The standard InChI is InChI=1S/C21H19Cl2NO4/c1-3-10-24-18(12-4-6-13(22)7-5-12)17(20(26)21(24)27)19(25)15-11-14(23)8-9-16(15)28-2/h4-9,11,18,25H,3,10H2,1-2H3/b19-17+. The van der Waals surface area contributed by atoms with Crippen molar-refractivity contribution in [1.29, 1.82) is 0 Å². The predicted molar refractivity (Wildman–Crippen MR) is 109 cm³/mol. The van der Waals surface area contributed by atoms with Crippen molar-refractivity contribution in [2.45, 2.75) is 19.4 Å². The SMILES string of the molecule is CCCN1C(=O)C(=O)/C(=C(/O)c2cc(Cl)ccc2OC)C1c1ccc(Cl)cc1. The number of aliphatic hydroxyl groups is 1.